The van der Waals surface area contributed by atoms with Gasteiger partial charge in [-0.15, -0.1) is 0 Å². The molecular weight excluding hydrogens is 504 g/mol. The van der Waals surface area contributed by atoms with E-state index in [9.17, 15) is 19.2 Å². The minimum atomic E-state index is -0.419. The minimum absolute atomic E-state index is 0.0375. The van der Waals surface area contributed by atoms with Gasteiger partial charge in [-0.1, -0.05) is 53.3 Å². The zero-order valence-corrected chi connectivity index (χ0v) is 24.8. The maximum Gasteiger partial charge on any atom is 0.306 e. The van der Waals surface area contributed by atoms with Gasteiger partial charge in [-0.05, 0) is 84.4 Å². The van der Waals surface area contributed by atoms with Crippen molar-refractivity contribution < 1.29 is 23.9 Å². The van der Waals surface area contributed by atoms with Gasteiger partial charge in [0.2, 0.25) is 0 Å². The lowest BCUT2D eigenvalue weighted by atomic mass is 9.45. The summed E-state index contributed by atoms with van der Waals surface area (Å²) in [6.45, 7) is 13.1. The molecule has 204 valence electrons. The van der Waals surface area contributed by atoms with E-state index in [4.69, 9.17) is 4.74 Å². The summed E-state index contributed by atoms with van der Waals surface area (Å²) in [5.41, 5.74) is 0.457. The molecule has 4 fully saturated rings. The van der Waals surface area contributed by atoms with Gasteiger partial charge in [0.1, 0.15) is 5.60 Å². The van der Waals surface area contributed by atoms with Crippen LogP contribution in [0.1, 0.15) is 99.3 Å². The summed E-state index contributed by atoms with van der Waals surface area (Å²) in [6.07, 6.45) is 6.18. The molecule has 5 unspecified atom stereocenters. The molecule has 1 aliphatic heterocycles. The first-order chi connectivity index (χ1) is 17.4. The Bertz CT molecular complexity index is 1070. The van der Waals surface area contributed by atoms with Gasteiger partial charge in [-0.3, -0.25) is 19.2 Å². The first kappa shape index (κ1) is 27.5. The number of carbonyl (C=O) groups is 4. The average molecular weight is 547 g/mol. The molecule has 3 saturated carbocycles. The highest BCUT2D eigenvalue weighted by Crippen LogP contribution is 2.73. The lowest BCUT2D eigenvalue weighted by Gasteiger charge is -2.61. The van der Waals surface area contributed by atoms with Gasteiger partial charge >= 0.3 is 5.97 Å². The van der Waals surface area contributed by atoms with Crippen molar-refractivity contribution in [3.8, 4) is 0 Å². The molecule has 0 bridgehead atoms. The third-order valence-electron chi connectivity index (χ3n) is 11.5. The van der Waals surface area contributed by atoms with E-state index in [0.29, 0.717) is 60.7 Å². The van der Waals surface area contributed by atoms with Crippen LogP contribution in [0, 0.1) is 40.4 Å². The van der Waals surface area contributed by atoms with Gasteiger partial charge in [0.25, 0.3) is 0 Å². The second-order valence-corrected chi connectivity index (χ2v) is 15.1. The number of fused-ring (bicyclic) bond motifs is 6. The highest BCUT2D eigenvalue weighted by Gasteiger charge is 2.73. The highest BCUT2D eigenvalue weighted by atomic mass is 32.2. The lowest BCUT2D eigenvalue weighted by Crippen LogP contribution is -2.59. The summed E-state index contributed by atoms with van der Waals surface area (Å²) in [6, 6.07) is 0. The molecule has 9 atom stereocenters. The quantitative estimate of drug-likeness (QED) is 0.362. The van der Waals surface area contributed by atoms with E-state index in [1.807, 2.05) is 13.8 Å². The third kappa shape index (κ3) is 3.87. The molecule has 1 heterocycles. The Kier molecular flexibility index (Phi) is 7.08. The molecular formula is C30H42O5S2. The molecule has 7 heteroatoms. The second-order valence-electron chi connectivity index (χ2n) is 12.7. The Balaban J connectivity index is 1.63. The fourth-order valence-corrected chi connectivity index (χ4v) is 11.8. The SMILES string of the molecule is CCC(=O)SC1=C2CC(SC(=O)CC)C3C(CC[C@@]4(C)C3C(C)[C@@H](C)[C@@]43CCC(=O)O3)[C@@]2(C)CCC1=O. The molecule has 0 aromatic carbocycles. The van der Waals surface area contributed by atoms with Crippen molar-refractivity contribution in [2.75, 3.05) is 0 Å². The van der Waals surface area contributed by atoms with Crippen molar-refractivity contribution in [3.63, 3.8) is 0 Å². The van der Waals surface area contributed by atoms with E-state index in [0.717, 1.165) is 43.0 Å². The zero-order valence-electron chi connectivity index (χ0n) is 23.2. The highest BCUT2D eigenvalue weighted by molar-refractivity contribution is 8.17. The van der Waals surface area contributed by atoms with E-state index < -0.39 is 5.60 Å². The first-order valence-electron chi connectivity index (χ1n) is 14.3. The number of hydrogen-bond donors (Lipinski definition) is 0. The summed E-state index contributed by atoms with van der Waals surface area (Å²) in [4.78, 5) is 51.8. The number of ketones is 1. The van der Waals surface area contributed by atoms with Crippen molar-refractivity contribution in [1.82, 2.24) is 0 Å². The van der Waals surface area contributed by atoms with Crippen LogP contribution >= 0.6 is 23.5 Å². The number of Topliss-reactive ketones (excluding diaryl/α,β-unsaturated/α-hetero) is 1. The fourth-order valence-electron chi connectivity index (χ4n) is 9.53. The fraction of sp³-hybridized carbons (Fsp3) is 0.800. The van der Waals surface area contributed by atoms with Gasteiger partial charge in [0, 0.05) is 36.3 Å². The standard InChI is InChI=1S/C30H42O5S2/c1-7-23(33)36-21-15-19-27(37-24(34)8-2)20(31)10-12-28(19,5)18-9-13-29(6)26(25(18)21)16(3)17(4)30(29)14-11-22(32)35-30/h16-18,21,25-26H,7-15H2,1-6H3/t16?,17-,18?,21?,25?,26?,28-,29+,30+/m1/s1. The number of hydrogen-bond acceptors (Lipinski definition) is 7. The molecule has 4 aliphatic carbocycles. The molecule has 0 amide bonds. The van der Waals surface area contributed by atoms with Crippen molar-refractivity contribution in [2.24, 2.45) is 40.4 Å². The molecule has 0 N–H and O–H groups in total. The third-order valence-corrected chi connectivity index (χ3v) is 14.0. The Morgan fingerprint density at radius 1 is 1.00 bits per heavy atom. The maximum atomic E-state index is 13.2. The average Bonchev–Trinajstić information content (AvgIpc) is 3.34. The molecule has 1 saturated heterocycles. The summed E-state index contributed by atoms with van der Waals surface area (Å²) in [5.74, 6) is 1.68. The van der Waals surface area contributed by atoms with Crippen LogP contribution in [0.15, 0.2) is 10.5 Å². The molecule has 0 aromatic heterocycles. The van der Waals surface area contributed by atoms with Crippen LogP contribution in [0.3, 0.4) is 0 Å². The number of ether oxygens (including phenoxy) is 1. The lowest BCUT2D eigenvalue weighted by molar-refractivity contribution is -0.173. The minimum Gasteiger partial charge on any atom is -0.458 e. The van der Waals surface area contributed by atoms with Crippen LogP contribution in [0.4, 0.5) is 0 Å². The Labute approximate surface area is 230 Å². The topological polar surface area (TPSA) is 77.5 Å². The van der Waals surface area contributed by atoms with E-state index in [1.165, 1.54) is 11.8 Å². The first-order valence-corrected chi connectivity index (χ1v) is 16.0. The van der Waals surface area contributed by atoms with Crippen LogP contribution in [0.2, 0.25) is 0 Å². The van der Waals surface area contributed by atoms with Gasteiger partial charge in [-0.2, -0.15) is 0 Å². The molecule has 5 nitrogen and oxygen atoms in total. The smallest absolute Gasteiger partial charge is 0.306 e. The maximum absolute atomic E-state index is 13.2. The van der Waals surface area contributed by atoms with E-state index >= 15 is 0 Å². The predicted molar refractivity (Wildman–Crippen MR) is 148 cm³/mol. The van der Waals surface area contributed by atoms with E-state index in [2.05, 4.69) is 27.7 Å². The van der Waals surface area contributed by atoms with Gasteiger partial charge in [0.05, 0.1) is 4.91 Å². The van der Waals surface area contributed by atoms with E-state index in [-0.39, 0.29) is 44.0 Å². The summed E-state index contributed by atoms with van der Waals surface area (Å²) in [5, 5.41) is 0.308. The Hall–Kier alpha value is -1.08. The van der Waals surface area contributed by atoms with Crippen LogP contribution in [-0.4, -0.2) is 32.8 Å². The Morgan fingerprint density at radius 2 is 1.70 bits per heavy atom. The van der Waals surface area contributed by atoms with Gasteiger partial charge in [-0.25, -0.2) is 0 Å². The largest absolute Gasteiger partial charge is 0.458 e. The van der Waals surface area contributed by atoms with E-state index in [1.54, 1.807) is 0 Å². The predicted octanol–water partition coefficient (Wildman–Crippen LogP) is 6.73. The van der Waals surface area contributed by atoms with Crippen LogP contribution in [-0.2, 0) is 23.9 Å². The Morgan fingerprint density at radius 3 is 2.32 bits per heavy atom. The number of allylic oxidation sites excluding steroid dienone is 1. The number of thioether (sulfide) groups is 2. The molecule has 0 radical (unpaired) electrons. The van der Waals surface area contributed by atoms with Crippen molar-refractivity contribution in [2.45, 2.75) is 110 Å². The molecule has 37 heavy (non-hydrogen) atoms. The van der Waals surface area contributed by atoms with Crippen molar-refractivity contribution >= 4 is 45.5 Å². The van der Waals surface area contributed by atoms with Crippen molar-refractivity contribution in [1.29, 1.82) is 0 Å². The molecule has 1 spiro atoms. The molecule has 5 rings (SSSR count). The van der Waals surface area contributed by atoms with Gasteiger partial charge in [0.15, 0.2) is 16.0 Å². The van der Waals surface area contributed by atoms with Crippen LogP contribution in [0.5, 0.6) is 0 Å². The van der Waals surface area contributed by atoms with Crippen LogP contribution in [0.25, 0.3) is 0 Å². The molecule has 0 aromatic rings. The van der Waals surface area contributed by atoms with Crippen LogP contribution < -0.4 is 0 Å². The zero-order chi connectivity index (χ0) is 26.9. The summed E-state index contributed by atoms with van der Waals surface area (Å²) in [7, 11) is 0. The summed E-state index contributed by atoms with van der Waals surface area (Å²) >= 11 is 2.64. The molecule has 5 aliphatic rings. The summed E-state index contributed by atoms with van der Waals surface area (Å²) < 4.78 is 6.29. The van der Waals surface area contributed by atoms with Crippen molar-refractivity contribution in [3.05, 3.63) is 10.5 Å². The number of carbonyl (C=O) groups excluding carboxylic acids is 4. The monoisotopic (exact) mass is 546 g/mol. The number of esters is 1. The number of rotatable bonds is 4. The second kappa shape index (κ2) is 9.53. The van der Waals surface area contributed by atoms with Gasteiger partial charge < -0.3 is 4.74 Å². The normalized spacial score (nSPS) is 44.9.